The monoisotopic (exact) mass is 293 g/mol. The Balaban J connectivity index is 1.90. The predicted molar refractivity (Wildman–Crippen MR) is 87.5 cm³/mol. The van der Waals surface area contributed by atoms with Gasteiger partial charge in [-0.3, -0.25) is 0 Å². The molecule has 0 saturated carbocycles. The van der Waals surface area contributed by atoms with Gasteiger partial charge in [-0.25, -0.2) is 0 Å². The lowest BCUT2D eigenvalue weighted by molar-refractivity contribution is 0.220. The highest BCUT2D eigenvalue weighted by atomic mass is 16.4. The standard InChI is InChI=1S/C17H31N3O/c1-5-9-18-12-15-13-21-16(19-15)20-10-6-7-14(8-11-20)17(2,3)4/h13-14,18H,5-12H2,1-4H3. The summed E-state index contributed by atoms with van der Waals surface area (Å²) in [5.74, 6) is 0.795. The van der Waals surface area contributed by atoms with E-state index in [1.54, 1.807) is 6.26 Å². The third-order valence-electron chi connectivity index (χ3n) is 4.50. The number of aromatic nitrogens is 1. The molecule has 0 amide bonds. The molecule has 2 heterocycles. The Morgan fingerprint density at radius 1 is 1.33 bits per heavy atom. The van der Waals surface area contributed by atoms with Gasteiger partial charge in [-0.05, 0) is 43.6 Å². The van der Waals surface area contributed by atoms with Crippen LogP contribution in [0.5, 0.6) is 0 Å². The van der Waals surface area contributed by atoms with Gasteiger partial charge in [0.05, 0.1) is 5.69 Å². The molecule has 21 heavy (non-hydrogen) atoms. The van der Waals surface area contributed by atoms with Crippen LogP contribution in [0.25, 0.3) is 0 Å². The average Bonchev–Trinajstić information content (AvgIpc) is 2.73. The van der Waals surface area contributed by atoms with Crippen molar-refractivity contribution in [3.8, 4) is 0 Å². The van der Waals surface area contributed by atoms with Crippen LogP contribution in [-0.2, 0) is 6.54 Å². The van der Waals surface area contributed by atoms with Gasteiger partial charge in [0.2, 0.25) is 0 Å². The molecule has 0 spiro atoms. The van der Waals surface area contributed by atoms with Gasteiger partial charge in [0, 0.05) is 19.6 Å². The summed E-state index contributed by atoms with van der Waals surface area (Å²) in [4.78, 5) is 6.95. The highest BCUT2D eigenvalue weighted by Crippen LogP contribution is 2.35. The summed E-state index contributed by atoms with van der Waals surface area (Å²) < 4.78 is 5.69. The van der Waals surface area contributed by atoms with Crippen molar-refractivity contribution >= 4 is 6.01 Å². The molecule has 1 saturated heterocycles. The van der Waals surface area contributed by atoms with E-state index in [0.29, 0.717) is 5.41 Å². The van der Waals surface area contributed by atoms with Gasteiger partial charge in [0.1, 0.15) is 6.26 Å². The van der Waals surface area contributed by atoms with Crippen LogP contribution >= 0.6 is 0 Å². The van der Waals surface area contributed by atoms with E-state index < -0.39 is 0 Å². The molecular weight excluding hydrogens is 262 g/mol. The highest BCUT2D eigenvalue weighted by molar-refractivity contribution is 5.27. The fourth-order valence-electron chi connectivity index (χ4n) is 3.07. The first-order valence-electron chi connectivity index (χ1n) is 8.40. The second-order valence-electron chi connectivity index (χ2n) is 7.28. The quantitative estimate of drug-likeness (QED) is 0.838. The second-order valence-corrected chi connectivity index (χ2v) is 7.28. The number of oxazole rings is 1. The molecule has 0 aromatic carbocycles. The molecule has 4 heteroatoms. The van der Waals surface area contributed by atoms with Gasteiger partial charge in [-0.1, -0.05) is 27.7 Å². The first-order valence-corrected chi connectivity index (χ1v) is 8.40. The molecule has 1 fully saturated rings. The Bertz CT molecular complexity index is 422. The molecule has 1 aromatic heterocycles. The largest absolute Gasteiger partial charge is 0.432 e. The van der Waals surface area contributed by atoms with Crippen molar-refractivity contribution in [2.75, 3.05) is 24.5 Å². The van der Waals surface area contributed by atoms with Crippen molar-refractivity contribution in [1.82, 2.24) is 10.3 Å². The maximum absolute atomic E-state index is 5.69. The van der Waals surface area contributed by atoms with Crippen molar-refractivity contribution in [2.45, 2.75) is 59.9 Å². The fraction of sp³-hybridized carbons (Fsp3) is 0.824. The van der Waals surface area contributed by atoms with Gasteiger partial charge in [0.25, 0.3) is 6.01 Å². The van der Waals surface area contributed by atoms with Gasteiger partial charge < -0.3 is 14.6 Å². The molecule has 0 aliphatic carbocycles. The highest BCUT2D eigenvalue weighted by Gasteiger charge is 2.28. The van der Waals surface area contributed by atoms with Crippen molar-refractivity contribution in [2.24, 2.45) is 11.3 Å². The SMILES string of the molecule is CCCNCc1coc(N2CCCC(C(C)(C)C)CC2)n1. The maximum Gasteiger partial charge on any atom is 0.297 e. The van der Waals surface area contributed by atoms with E-state index in [0.717, 1.165) is 50.2 Å². The summed E-state index contributed by atoms with van der Waals surface area (Å²) >= 11 is 0. The molecular formula is C17H31N3O. The Morgan fingerprint density at radius 2 is 2.14 bits per heavy atom. The summed E-state index contributed by atoms with van der Waals surface area (Å²) in [6.45, 7) is 13.2. The van der Waals surface area contributed by atoms with Crippen LogP contribution < -0.4 is 10.2 Å². The Kier molecular flexibility index (Phi) is 5.68. The normalized spacial score (nSPS) is 20.6. The van der Waals surface area contributed by atoms with Gasteiger partial charge >= 0.3 is 0 Å². The molecule has 1 N–H and O–H groups in total. The third-order valence-corrected chi connectivity index (χ3v) is 4.50. The summed E-state index contributed by atoms with van der Waals surface area (Å²) in [6.07, 6.45) is 6.71. The second kappa shape index (κ2) is 7.30. The number of anilines is 1. The topological polar surface area (TPSA) is 41.3 Å². The zero-order valence-electron chi connectivity index (χ0n) is 14.1. The molecule has 4 nitrogen and oxygen atoms in total. The Hall–Kier alpha value is -1.03. The van der Waals surface area contributed by atoms with E-state index in [-0.39, 0.29) is 0 Å². The zero-order chi connectivity index (χ0) is 15.3. The molecule has 1 unspecified atom stereocenters. The minimum absolute atomic E-state index is 0.405. The lowest BCUT2D eigenvalue weighted by Gasteiger charge is -2.29. The van der Waals surface area contributed by atoms with Crippen LogP contribution in [0.2, 0.25) is 0 Å². The molecule has 0 bridgehead atoms. The minimum Gasteiger partial charge on any atom is -0.432 e. The van der Waals surface area contributed by atoms with Gasteiger partial charge in [-0.15, -0.1) is 0 Å². The summed E-state index contributed by atoms with van der Waals surface area (Å²) in [7, 11) is 0. The zero-order valence-corrected chi connectivity index (χ0v) is 14.1. The van der Waals surface area contributed by atoms with E-state index in [1.165, 1.54) is 19.3 Å². The van der Waals surface area contributed by atoms with Gasteiger partial charge in [-0.2, -0.15) is 4.98 Å². The molecule has 120 valence electrons. The number of nitrogens with one attached hydrogen (secondary N) is 1. The minimum atomic E-state index is 0.405. The van der Waals surface area contributed by atoms with E-state index in [2.05, 4.69) is 42.9 Å². The van der Waals surface area contributed by atoms with Crippen molar-refractivity contribution < 1.29 is 4.42 Å². The molecule has 2 rings (SSSR count). The lowest BCUT2D eigenvalue weighted by Crippen LogP contribution is -2.26. The first-order chi connectivity index (χ1) is 10.0. The van der Waals surface area contributed by atoms with E-state index in [4.69, 9.17) is 4.42 Å². The van der Waals surface area contributed by atoms with E-state index >= 15 is 0 Å². The Labute approximate surface area is 129 Å². The average molecular weight is 293 g/mol. The van der Waals surface area contributed by atoms with E-state index in [1.807, 2.05) is 0 Å². The fourth-order valence-corrected chi connectivity index (χ4v) is 3.07. The van der Waals surface area contributed by atoms with Crippen molar-refractivity contribution in [3.05, 3.63) is 12.0 Å². The molecule has 1 aromatic rings. The molecule has 0 radical (unpaired) electrons. The third kappa shape index (κ3) is 4.73. The number of nitrogens with zero attached hydrogens (tertiary/aromatic N) is 2. The van der Waals surface area contributed by atoms with E-state index in [9.17, 15) is 0 Å². The van der Waals surface area contributed by atoms with Crippen molar-refractivity contribution in [3.63, 3.8) is 0 Å². The van der Waals surface area contributed by atoms with Crippen LogP contribution in [0.4, 0.5) is 6.01 Å². The van der Waals surface area contributed by atoms with Crippen molar-refractivity contribution in [1.29, 1.82) is 0 Å². The smallest absolute Gasteiger partial charge is 0.297 e. The summed E-state index contributed by atoms with van der Waals surface area (Å²) in [5, 5.41) is 3.37. The number of hydrogen-bond acceptors (Lipinski definition) is 4. The number of rotatable bonds is 5. The summed E-state index contributed by atoms with van der Waals surface area (Å²) in [5.41, 5.74) is 1.41. The molecule has 1 atom stereocenters. The maximum atomic E-state index is 5.69. The van der Waals surface area contributed by atoms with Crippen LogP contribution in [0.15, 0.2) is 10.7 Å². The molecule has 1 aliphatic rings. The molecule has 1 aliphatic heterocycles. The summed E-state index contributed by atoms with van der Waals surface area (Å²) in [6, 6.07) is 0.804. The lowest BCUT2D eigenvalue weighted by atomic mass is 9.77. The van der Waals surface area contributed by atoms with Crippen LogP contribution in [0, 0.1) is 11.3 Å². The Morgan fingerprint density at radius 3 is 2.86 bits per heavy atom. The predicted octanol–water partition coefficient (Wildman–Crippen LogP) is 3.83. The van der Waals surface area contributed by atoms with Gasteiger partial charge in [0.15, 0.2) is 0 Å². The van der Waals surface area contributed by atoms with Crippen LogP contribution in [0.1, 0.15) is 59.1 Å². The van der Waals surface area contributed by atoms with Crippen LogP contribution in [-0.4, -0.2) is 24.6 Å². The first kappa shape index (κ1) is 16.3. The number of hydrogen-bond donors (Lipinski definition) is 1. The van der Waals surface area contributed by atoms with Crippen LogP contribution in [0.3, 0.4) is 0 Å².